The molecular weight excluding hydrogens is 238 g/mol. The minimum absolute atomic E-state index is 0.395. The Bertz CT molecular complexity index is 389. The van der Waals surface area contributed by atoms with E-state index in [4.69, 9.17) is 10.5 Å². The number of aromatic nitrogens is 1. The van der Waals surface area contributed by atoms with Crippen molar-refractivity contribution in [2.45, 2.75) is 51.1 Å². The molecule has 1 aliphatic rings. The van der Waals surface area contributed by atoms with Crippen molar-refractivity contribution < 1.29 is 4.74 Å². The number of nitrogens with zero attached hydrogens (tertiary/aromatic N) is 2. The normalized spacial score (nSPS) is 23.1. The average molecular weight is 263 g/mol. The number of ether oxygens (including phenoxy) is 1. The molecule has 2 rings (SSSR count). The summed E-state index contributed by atoms with van der Waals surface area (Å²) in [5.41, 5.74) is 7.22. The minimum Gasteiger partial charge on any atom is -0.481 e. The number of pyridine rings is 1. The van der Waals surface area contributed by atoms with Gasteiger partial charge in [-0.2, -0.15) is 0 Å². The van der Waals surface area contributed by atoms with Crippen LogP contribution in [0.15, 0.2) is 18.3 Å². The number of rotatable bonds is 5. The zero-order chi connectivity index (χ0) is 13.7. The Balaban J connectivity index is 2.14. The Kier molecular flexibility index (Phi) is 5.02. The van der Waals surface area contributed by atoms with E-state index in [0.29, 0.717) is 18.0 Å². The van der Waals surface area contributed by atoms with E-state index in [0.717, 1.165) is 25.8 Å². The zero-order valence-electron chi connectivity index (χ0n) is 12.0. The topological polar surface area (TPSA) is 51.4 Å². The average Bonchev–Trinajstić information content (AvgIpc) is 2.46. The van der Waals surface area contributed by atoms with Crippen LogP contribution in [-0.4, -0.2) is 30.7 Å². The summed E-state index contributed by atoms with van der Waals surface area (Å²) in [7, 11) is 1.66. The van der Waals surface area contributed by atoms with Crippen LogP contribution in [0.3, 0.4) is 0 Å². The molecule has 0 spiro atoms. The van der Waals surface area contributed by atoms with E-state index in [1.165, 1.54) is 18.5 Å². The van der Waals surface area contributed by atoms with Crippen molar-refractivity contribution in [1.82, 2.24) is 4.98 Å². The fourth-order valence-electron chi connectivity index (χ4n) is 2.87. The van der Waals surface area contributed by atoms with E-state index in [2.05, 4.69) is 22.9 Å². The molecular formula is C15H25N3O. The fraction of sp³-hybridized carbons (Fsp3) is 0.667. The minimum atomic E-state index is 0.395. The Morgan fingerprint density at radius 2 is 2.11 bits per heavy atom. The third-order valence-electron chi connectivity index (χ3n) is 3.91. The molecule has 0 aliphatic heterocycles. The SMILES string of the molecule is CCCN(c1ccnc(OC)c1)C1CCC(N)CC1. The van der Waals surface area contributed by atoms with E-state index in [-0.39, 0.29) is 0 Å². The van der Waals surface area contributed by atoms with Crippen LogP contribution in [0.2, 0.25) is 0 Å². The van der Waals surface area contributed by atoms with Gasteiger partial charge >= 0.3 is 0 Å². The predicted molar refractivity (Wildman–Crippen MR) is 78.7 cm³/mol. The predicted octanol–water partition coefficient (Wildman–Crippen LogP) is 2.58. The molecule has 1 heterocycles. The first-order chi connectivity index (χ1) is 9.24. The number of methoxy groups -OCH3 is 1. The summed E-state index contributed by atoms with van der Waals surface area (Å²) in [5.74, 6) is 0.686. The van der Waals surface area contributed by atoms with Gasteiger partial charge in [-0.05, 0) is 38.2 Å². The fourth-order valence-corrected chi connectivity index (χ4v) is 2.87. The van der Waals surface area contributed by atoms with E-state index in [1.54, 1.807) is 7.11 Å². The van der Waals surface area contributed by atoms with Gasteiger partial charge in [0.2, 0.25) is 5.88 Å². The van der Waals surface area contributed by atoms with E-state index in [1.807, 2.05) is 12.3 Å². The van der Waals surface area contributed by atoms with Gasteiger partial charge < -0.3 is 15.4 Å². The lowest BCUT2D eigenvalue weighted by atomic mass is 9.90. The molecule has 1 saturated carbocycles. The molecule has 1 aliphatic carbocycles. The molecule has 0 bridgehead atoms. The maximum atomic E-state index is 6.01. The molecule has 1 aromatic rings. The van der Waals surface area contributed by atoms with Crippen LogP contribution in [0.5, 0.6) is 5.88 Å². The molecule has 4 nitrogen and oxygen atoms in total. The highest BCUT2D eigenvalue weighted by Gasteiger charge is 2.24. The van der Waals surface area contributed by atoms with Crippen molar-refractivity contribution in [3.63, 3.8) is 0 Å². The monoisotopic (exact) mass is 263 g/mol. The van der Waals surface area contributed by atoms with Crippen LogP contribution in [0.4, 0.5) is 5.69 Å². The maximum Gasteiger partial charge on any atom is 0.214 e. The summed E-state index contributed by atoms with van der Waals surface area (Å²) < 4.78 is 5.23. The van der Waals surface area contributed by atoms with Crippen LogP contribution in [0, 0.1) is 0 Å². The maximum absolute atomic E-state index is 6.01. The highest BCUT2D eigenvalue weighted by atomic mass is 16.5. The molecule has 1 fully saturated rings. The first-order valence-corrected chi connectivity index (χ1v) is 7.27. The number of anilines is 1. The number of nitrogens with two attached hydrogens (primary N) is 1. The van der Waals surface area contributed by atoms with Gasteiger partial charge in [0.25, 0.3) is 0 Å². The van der Waals surface area contributed by atoms with Gasteiger partial charge in [0.1, 0.15) is 0 Å². The highest BCUT2D eigenvalue weighted by molar-refractivity contribution is 5.49. The molecule has 0 unspecified atom stereocenters. The second-order valence-electron chi connectivity index (χ2n) is 5.32. The molecule has 19 heavy (non-hydrogen) atoms. The van der Waals surface area contributed by atoms with Crippen molar-refractivity contribution in [2.24, 2.45) is 5.73 Å². The van der Waals surface area contributed by atoms with Crippen LogP contribution >= 0.6 is 0 Å². The van der Waals surface area contributed by atoms with Crippen molar-refractivity contribution in [3.8, 4) is 5.88 Å². The molecule has 0 aromatic carbocycles. The Morgan fingerprint density at radius 3 is 2.74 bits per heavy atom. The Labute approximate surface area is 116 Å². The molecule has 2 N–H and O–H groups in total. The van der Waals surface area contributed by atoms with Crippen LogP contribution < -0.4 is 15.4 Å². The summed E-state index contributed by atoms with van der Waals surface area (Å²) in [6.45, 7) is 3.30. The quantitative estimate of drug-likeness (QED) is 0.887. The molecule has 0 radical (unpaired) electrons. The summed E-state index contributed by atoms with van der Waals surface area (Å²) in [5, 5.41) is 0. The first-order valence-electron chi connectivity index (χ1n) is 7.27. The van der Waals surface area contributed by atoms with Gasteiger partial charge in [0.05, 0.1) is 7.11 Å². The Hall–Kier alpha value is -1.29. The third-order valence-corrected chi connectivity index (χ3v) is 3.91. The molecule has 1 aromatic heterocycles. The van der Waals surface area contributed by atoms with Crippen molar-refractivity contribution in [3.05, 3.63) is 18.3 Å². The molecule has 0 amide bonds. The smallest absolute Gasteiger partial charge is 0.214 e. The van der Waals surface area contributed by atoms with E-state index < -0.39 is 0 Å². The van der Waals surface area contributed by atoms with Crippen molar-refractivity contribution >= 4 is 5.69 Å². The van der Waals surface area contributed by atoms with Crippen molar-refractivity contribution in [1.29, 1.82) is 0 Å². The lowest BCUT2D eigenvalue weighted by molar-refractivity contribution is 0.373. The molecule has 0 saturated heterocycles. The third kappa shape index (κ3) is 3.60. The lowest BCUT2D eigenvalue weighted by Gasteiger charge is -2.37. The van der Waals surface area contributed by atoms with Crippen LogP contribution in [0.1, 0.15) is 39.0 Å². The standard InChI is InChI=1S/C15H25N3O/c1-3-10-18(13-6-4-12(16)5-7-13)14-8-9-17-15(11-14)19-2/h8-9,11-13H,3-7,10,16H2,1-2H3. The molecule has 106 valence electrons. The van der Waals surface area contributed by atoms with Gasteiger partial charge in [-0.1, -0.05) is 6.92 Å². The van der Waals surface area contributed by atoms with Gasteiger partial charge in [-0.15, -0.1) is 0 Å². The van der Waals surface area contributed by atoms with E-state index >= 15 is 0 Å². The van der Waals surface area contributed by atoms with Gasteiger partial charge in [0.15, 0.2) is 0 Å². The summed E-state index contributed by atoms with van der Waals surface area (Å²) in [6, 6.07) is 5.11. The summed E-state index contributed by atoms with van der Waals surface area (Å²) in [4.78, 5) is 6.68. The van der Waals surface area contributed by atoms with Gasteiger partial charge in [0, 0.05) is 36.6 Å². The first kappa shape index (κ1) is 14.1. The molecule has 0 atom stereocenters. The summed E-state index contributed by atoms with van der Waals surface area (Å²) in [6.07, 6.45) is 7.61. The largest absolute Gasteiger partial charge is 0.481 e. The zero-order valence-corrected chi connectivity index (χ0v) is 12.0. The molecule has 4 heteroatoms. The van der Waals surface area contributed by atoms with Gasteiger partial charge in [-0.25, -0.2) is 4.98 Å². The number of hydrogen-bond acceptors (Lipinski definition) is 4. The summed E-state index contributed by atoms with van der Waals surface area (Å²) >= 11 is 0. The second kappa shape index (κ2) is 6.75. The van der Waals surface area contributed by atoms with Crippen LogP contribution in [0.25, 0.3) is 0 Å². The second-order valence-corrected chi connectivity index (χ2v) is 5.32. The highest BCUT2D eigenvalue weighted by Crippen LogP contribution is 2.28. The number of hydrogen-bond donors (Lipinski definition) is 1. The van der Waals surface area contributed by atoms with E-state index in [9.17, 15) is 0 Å². The van der Waals surface area contributed by atoms with Gasteiger partial charge in [-0.3, -0.25) is 0 Å². The Morgan fingerprint density at radius 1 is 1.37 bits per heavy atom. The van der Waals surface area contributed by atoms with Crippen LogP contribution in [-0.2, 0) is 0 Å². The lowest BCUT2D eigenvalue weighted by Crippen LogP contribution is -2.41. The van der Waals surface area contributed by atoms with Crippen molar-refractivity contribution in [2.75, 3.05) is 18.6 Å².